The molecule has 0 atom stereocenters. The van der Waals surface area contributed by atoms with E-state index < -0.39 is 0 Å². The van der Waals surface area contributed by atoms with E-state index >= 15 is 0 Å². The monoisotopic (exact) mass is 576 g/mol. The van der Waals surface area contributed by atoms with Crippen molar-refractivity contribution in [1.29, 1.82) is 0 Å². The standard InChI is InChI=1S/C34H45ClN4O2/c1-5-37(6-2)20-10-21-39-33-26-31(41-24-22-38(7-3)8-4)17-18-32(33)36-34(39)28-13-15-30(16-14-28)40-23-19-27-11-9-12-29(35)25-27/h9,11-18,25-26H,5-8,10,19-24H2,1-4H3. The van der Waals surface area contributed by atoms with Crippen LogP contribution in [0.5, 0.6) is 11.5 Å². The number of aryl methyl sites for hydroxylation is 1. The number of nitrogens with zero attached hydrogens (tertiary/aromatic N) is 4. The number of benzene rings is 3. The van der Waals surface area contributed by atoms with Crippen molar-refractivity contribution in [3.8, 4) is 22.9 Å². The second-order valence-electron chi connectivity index (χ2n) is 10.2. The molecule has 0 aliphatic heterocycles. The van der Waals surface area contributed by atoms with Crippen LogP contribution in [-0.4, -0.2) is 71.8 Å². The van der Waals surface area contributed by atoms with E-state index in [1.165, 1.54) is 5.56 Å². The maximum atomic E-state index is 6.17. The van der Waals surface area contributed by atoms with Crippen molar-refractivity contribution in [2.75, 3.05) is 52.5 Å². The first-order valence-electron chi connectivity index (χ1n) is 15.1. The summed E-state index contributed by atoms with van der Waals surface area (Å²) in [6, 6.07) is 22.5. The zero-order valence-electron chi connectivity index (χ0n) is 25.1. The van der Waals surface area contributed by atoms with Crippen LogP contribution in [0, 0.1) is 0 Å². The molecule has 0 N–H and O–H groups in total. The third-order valence-electron chi connectivity index (χ3n) is 7.70. The molecule has 0 amide bonds. The quantitative estimate of drug-likeness (QED) is 0.131. The smallest absolute Gasteiger partial charge is 0.141 e. The molecule has 0 saturated carbocycles. The van der Waals surface area contributed by atoms with E-state index in [2.05, 4.69) is 72.4 Å². The Morgan fingerprint density at radius 3 is 2.15 bits per heavy atom. The fraction of sp³-hybridized carbons (Fsp3) is 0.441. The number of fused-ring (bicyclic) bond motifs is 1. The van der Waals surface area contributed by atoms with Crippen molar-refractivity contribution in [3.63, 3.8) is 0 Å². The summed E-state index contributed by atoms with van der Waals surface area (Å²) < 4.78 is 14.6. The van der Waals surface area contributed by atoms with Crippen LogP contribution in [0.1, 0.15) is 39.7 Å². The van der Waals surface area contributed by atoms with Crippen molar-refractivity contribution >= 4 is 22.6 Å². The van der Waals surface area contributed by atoms with Gasteiger partial charge in [-0.05, 0) is 93.2 Å². The molecule has 1 aromatic heterocycles. The fourth-order valence-electron chi connectivity index (χ4n) is 5.14. The Kier molecular flexibility index (Phi) is 11.9. The molecule has 1 heterocycles. The van der Waals surface area contributed by atoms with Gasteiger partial charge in [-0.25, -0.2) is 4.98 Å². The maximum absolute atomic E-state index is 6.17. The Labute approximate surface area is 250 Å². The predicted octanol–water partition coefficient (Wildman–Crippen LogP) is 7.43. The molecule has 0 fully saturated rings. The molecule has 3 aromatic carbocycles. The van der Waals surface area contributed by atoms with Crippen LogP contribution >= 0.6 is 11.6 Å². The van der Waals surface area contributed by atoms with Gasteiger partial charge in [0.1, 0.15) is 23.9 Å². The Hall–Kier alpha value is -3.06. The topological polar surface area (TPSA) is 42.8 Å². The number of halogens is 1. The zero-order valence-corrected chi connectivity index (χ0v) is 25.9. The summed E-state index contributed by atoms with van der Waals surface area (Å²) in [5.41, 5.74) is 4.35. The summed E-state index contributed by atoms with van der Waals surface area (Å²) in [5, 5.41) is 0.755. The van der Waals surface area contributed by atoms with Crippen LogP contribution in [0.25, 0.3) is 22.4 Å². The number of hydrogen-bond donors (Lipinski definition) is 0. The Morgan fingerprint density at radius 2 is 1.44 bits per heavy atom. The molecular formula is C34H45ClN4O2. The van der Waals surface area contributed by atoms with Crippen molar-refractivity contribution < 1.29 is 9.47 Å². The van der Waals surface area contributed by atoms with Gasteiger partial charge in [-0.15, -0.1) is 0 Å². The number of ether oxygens (including phenoxy) is 2. The number of likely N-dealkylation sites (N-methyl/N-ethyl adjacent to an activating group) is 1. The lowest BCUT2D eigenvalue weighted by atomic mass is 10.1. The van der Waals surface area contributed by atoms with Gasteiger partial charge < -0.3 is 23.8 Å². The lowest BCUT2D eigenvalue weighted by Crippen LogP contribution is -2.27. The highest BCUT2D eigenvalue weighted by atomic mass is 35.5. The second kappa shape index (κ2) is 15.8. The van der Waals surface area contributed by atoms with E-state index in [-0.39, 0.29) is 0 Å². The Morgan fingerprint density at radius 1 is 0.756 bits per heavy atom. The van der Waals surface area contributed by atoms with E-state index in [0.29, 0.717) is 13.2 Å². The van der Waals surface area contributed by atoms with Gasteiger partial charge in [-0.2, -0.15) is 0 Å². The highest BCUT2D eigenvalue weighted by Crippen LogP contribution is 2.29. The number of imidazole rings is 1. The molecule has 4 rings (SSSR count). The summed E-state index contributed by atoms with van der Waals surface area (Å²) >= 11 is 6.11. The minimum Gasteiger partial charge on any atom is -0.493 e. The lowest BCUT2D eigenvalue weighted by Gasteiger charge is -2.19. The number of aromatic nitrogens is 2. The van der Waals surface area contributed by atoms with Gasteiger partial charge in [-0.1, -0.05) is 51.4 Å². The fourth-order valence-corrected chi connectivity index (χ4v) is 5.36. The van der Waals surface area contributed by atoms with Gasteiger partial charge in [0, 0.05) is 36.2 Å². The number of hydrogen-bond acceptors (Lipinski definition) is 5. The third-order valence-corrected chi connectivity index (χ3v) is 7.94. The SMILES string of the molecule is CCN(CC)CCCn1c(-c2ccc(OCCc3cccc(Cl)c3)cc2)nc2ccc(OCCN(CC)CC)cc21. The molecule has 0 radical (unpaired) electrons. The molecule has 0 bridgehead atoms. The van der Waals surface area contributed by atoms with Crippen LogP contribution in [0.4, 0.5) is 0 Å². The van der Waals surface area contributed by atoms with Gasteiger partial charge in [0.15, 0.2) is 0 Å². The van der Waals surface area contributed by atoms with Crippen molar-refractivity contribution in [1.82, 2.24) is 19.4 Å². The van der Waals surface area contributed by atoms with Gasteiger partial charge in [0.2, 0.25) is 0 Å². The first-order valence-corrected chi connectivity index (χ1v) is 15.5. The molecule has 4 aromatic rings. The number of rotatable bonds is 17. The van der Waals surface area contributed by atoms with Gasteiger partial charge >= 0.3 is 0 Å². The van der Waals surface area contributed by atoms with Gasteiger partial charge in [0.05, 0.1) is 17.6 Å². The second-order valence-corrected chi connectivity index (χ2v) is 10.7. The Balaban J connectivity index is 1.51. The molecule has 0 unspecified atom stereocenters. The summed E-state index contributed by atoms with van der Waals surface area (Å²) in [5.74, 6) is 2.72. The summed E-state index contributed by atoms with van der Waals surface area (Å²) in [4.78, 5) is 9.91. The summed E-state index contributed by atoms with van der Waals surface area (Å²) in [6.45, 7) is 17.2. The van der Waals surface area contributed by atoms with Gasteiger partial charge in [0.25, 0.3) is 0 Å². The van der Waals surface area contributed by atoms with Crippen LogP contribution < -0.4 is 9.47 Å². The van der Waals surface area contributed by atoms with Crippen LogP contribution in [-0.2, 0) is 13.0 Å². The molecule has 41 heavy (non-hydrogen) atoms. The summed E-state index contributed by atoms with van der Waals surface area (Å²) in [7, 11) is 0. The van der Waals surface area contributed by atoms with Crippen molar-refractivity contribution in [2.45, 2.75) is 47.1 Å². The molecule has 0 aliphatic carbocycles. The van der Waals surface area contributed by atoms with E-state index in [0.717, 1.165) is 97.6 Å². The lowest BCUT2D eigenvalue weighted by molar-refractivity contribution is 0.223. The largest absolute Gasteiger partial charge is 0.493 e. The molecule has 7 heteroatoms. The van der Waals surface area contributed by atoms with E-state index in [1.807, 2.05) is 36.4 Å². The molecule has 0 saturated heterocycles. The first kappa shape index (κ1) is 30.9. The average molecular weight is 577 g/mol. The van der Waals surface area contributed by atoms with Crippen LogP contribution in [0.3, 0.4) is 0 Å². The molecular weight excluding hydrogens is 532 g/mol. The molecule has 6 nitrogen and oxygen atoms in total. The first-order chi connectivity index (χ1) is 20.0. The van der Waals surface area contributed by atoms with Crippen LogP contribution in [0.15, 0.2) is 66.7 Å². The Bertz CT molecular complexity index is 1350. The highest BCUT2D eigenvalue weighted by Gasteiger charge is 2.15. The normalized spacial score (nSPS) is 11.6. The third kappa shape index (κ3) is 8.71. The minimum atomic E-state index is 0.598. The van der Waals surface area contributed by atoms with Crippen molar-refractivity contribution in [2.24, 2.45) is 0 Å². The zero-order chi connectivity index (χ0) is 29.0. The minimum absolute atomic E-state index is 0.598. The molecule has 0 spiro atoms. The van der Waals surface area contributed by atoms with E-state index in [9.17, 15) is 0 Å². The highest BCUT2D eigenvalue weighted by molar-refractivity contribution is 6.30. The predicted molar refractivity (Wildman–Crippen MR) is 172 cm³/mol. The van der Waals surface area contributed by atoms with E-state index in [1.54, 1.807) is 0 Å². The van der Waals surface area contributed by atoms with Crippen LogP contribution in [0.2, 0.25) is 5.02 Å². The molecule has 220 valence electrons. The van der Waals surface area contributed by atoms with E-state index in [4.69, 9.17) is 26.1 Å². The van der Waals surface area contributed by atoms with Gasteiger partial charge in [-0.3, -0.25) is 0 Å². The average Bonchev–Trinajstić information content (AvgIpc) is 3.35. The maximum Gasteiger partial charge on any atom is 0.141 e. The summed E-state index contributed by atoms with van der Waals surface area (Å²) in [6.07, 6.45) is 1.86. The van der Waals surface area contributed by atoms with Crippen molar-refractivity contribution in [3.05, 3.63) is 77.3 Å². The molecule has 0 aliphatic rings.